The Bertz CT molecular complexity index is 242. The standard InChI is InChI=1S/C7H7FNO/c1-6(10)7-2-4-9(8)5-3-7/h2-5H,1H3/q+1. The molecule has 1 aromatic rings. The number of ketones is 1. The van der Waals surface area contributed by atoms with Gasteiger partial charge in [-0.05, 0) is 6.92 Å². The van der Waals surface area contributed by atoms with Gasteiger partial charge in [-0.15, -0.1) is 0 Å². The largest absolute Gasteiger partial charge is 0.295 e. The molecule has 10 heavy (non-hydrogen) atoms. The summed E-state index contributed by atoms with van der Waals surface area (Å²) >= 11 is 0. The van der Waals surface area contributed by atoms with Gasteiger partial charge in [0, 0.05) is 22.5 Å². The van der Waals surface area contributed by atoms with Crippen molar-refractivity contribution in [2.75, 3.05) is 0 Å². The Hall–Kier alpha value is -1.25. The quantitative estimate of drug-likeness (QED) is 0.531. The van der Waals surface area contributed by atoms with Crippen molar-refractivity contribution in [2.45, 2.75) is 6.92 Å². The third-order valence-electron chi connectivity index (χ3n) is 1.20. The Morgan fingerprint density at radius 1 is 1.50 bits per heavy atom. The van der Waals surface area contributed by atoms with E-state index in [9.17, 15) is 9.28 Å². The molecule has 3 heteroatoms. The van der Waals surface area contributed by atoms with Crippen LogP contribution in [-0.2, 0) is 0 Å². The highest BCUT2D eigenvalue weighted by Crippen LogP contribution is 1.94. The van der Waals surface area contributed by atoms with E-state index in [1.807, 2.05) is 0 Å². The summed E-state index contributed by atoms with van der Waals surface area (Å²) in [6.07, 6.45) is 2.38. The Morgan fingerprint density at radius 3 is 2.40 bits per heavy atom. The maximum atomic E-state index is 12.2. The molecular formula is C7H7FNO+. The van der Waals surface area contributed by atoms with Crippen LogP contribution in [0.15, 0.2) is 24.5 Å². The summed E-state index contributed by atoms with van der Waals surface area (Å²) in [5.74, 6) is -0.0550. The van der Waals surface area contributed by atoms with Crippen LogP contribution in [0, 0.1) is 0 Å². The number of Topliss-reactive ketones (excluding diaryl/α,β-unsaturated/α-hetero) is 1. The van der Waals surface area contributed by atoms with Crippen molar-refractivity contribution < 1.29 is 14.1 Å². The lowest BCUT2D eigenvalue weighted by Gasteiger charge is -1.86. The van der Waals surface area contributed by atoms with E-state index in [0.717, 1.165) is 0 Å². The number of aromatic nitrogens is 1. The van der Waals surface area contributed by atoms with Crippen molar-refractivity contribution in [2.24, 2.45) is 0 Å². The summed E-state index contributed by atoms with van der Waals surface area (Å²) in [6, 6.07) is 2.87. The predicted molar refractivity (Wildman–Crippen MR) is 33.1 cm³/mol. The van der Waals surface area contributed by atoms with E-state index in [-0.39, 0.29) is 5.78 Å². The fourth-order valence-electron chi connectivity index (χ4n) is 0.643. The van der Waals surface area contributed by atoms with E-state index >= 15 is 0 Å². The summed E-state index contributed by atoms with van der Waals surface area (Å²) in [7, 11) is 0. The van der Waals surface area contributed by atoms with Gasteiger partial charge in [0.15, 0.2) is 5.78 Å². The Balaban J connectivity index is 3.00. The second-order valence-electron chi connectivity index (χ2n) is 1.99. The van der Waals surface area contributed by atoms with Crippen molar-refractivity contribution in [3.8, 4) is 0 Å². The lowest BCUT2D eigenvalue weighted by atomic mass is 10.2. The van der Waals surface area contributed by atoms with Crippen LogP contribution in [0.3, 0.4) is 0 Å². The Morgan fingerprint density at radius 2 is 2.00 bits per heavy atom. The summed E-state index contributed by atoms with van der Waals surface area (Å²) in [5.41, 5.74) is 0.522. The first-order valence-corrected chi connectivity index (χ1v) is 2.88. The number of rotatable bonds is 1. The minimum Gasteiger partial charge on any atom is -0.295 e. The van der Waals surface area contributed by atoms with Crippen molar-refractivity contribution in [1.29, 1.82) is 0 Å². The van der Waals surface area contributed by atoms with E-state index in [2.05, 4.69) is 0 Å². The second-order valence-corrected chi connectivity index (χ2v) is 1.99. The molecule has 0 aliphatic rings. The molecule has 1 heterocycles. The van der Waals surface area contributed by atoms with Gasteiger partial charge in [0.05, 0.1) is 4.48 Å². The van der Waals surface area contributed by atoms with E-state index in [0.29, 0.717) is 10.4 Å². The monoisotopic (exact) mass is 140 g/mol. The fraction of sp³-hybridized carbons (Fsp3) is 0.143. The van der Waals surface area contributed by atoms with Crippen LogP contribution < -0.4 is 4.79 Å². The van der Waals surface area contributed by atoms with Crippen molar-refractivity contribution in [3.63, 3.8) is 0 Å². The highest BCUT2D eigenvalue weighted by Gasteiger charge is 2.01. The molecule has 0 atom stereocenters. The molecule has 0 fully saturated rings. The van der Waals surface area contributed by atoms with Gasteiger partial charge in [0.25, 0.3) is 0 Å². The van der Waals surface area contributed by atoms with Crippen LogP contribution in [0.2, 0.25) is 0 Å². The smallest absolute Gasteiger partial charge is 0.219 e. The molecule has 1 aromatic heterocycles. The molecule has 0 saturated heterocycles. The number of hydrogen-bond donors (Lipinski definition) is 0. The molecule has 0 radical (unpaired) electrons. The van der Waals surface area contributed by atoms with Crippen LogP contribution in [-0.4, -0.2) is 5.78 Å². The van der Waals surface area contributed by atoms with E-state index in [1.54, 1.807) is 0 Å². The minimum atomic E-state index is -0.0550. The zero-order valence-electron chi connectivity index (χ0n) is 5.54. The molecule has 0 aliphatic carbocycles. The van der Waals surface area contributed by atoms with Gasteiger partial charge in [-0.3, -0.25) is 4.79 Å². The summed E-state index contributed by atoms with van der Waals surface area (Å²) in [5, 5.41) is 0. The first-order valence-electron chi connectivity index (χ1n) is 2.88. The second kappa shape index (κ2) is 2.56. The third kappa shape index (κ3) is 1.37. The Kier molecular flexibility index (Phi) is 1.76. The normalized spacial score (nSPS) is 9.40. The fourth-order valence-corrected chi connectivity index (χ4v) is 0.643. The molecule has 0 bridgehead atoms. The maximum absolute atomic E-state index is 12.2. The predicted octanol–water partition coefficient (Wildman–Crippen LogP) is 0.909. The van der Waals surface area contributed by atoms with Crippen LogP contribution in [0.25, 0.3) is 0 Å². The number of pyridine rings is 1. The topological polar surface area (TPSA) is 20.9 Å². The molecule has 0 aliphatic heterocycles. The molecule has 2 nitrogen and oxygen atoms in total. The molecule has 0 unspecified atom stereocenters. The number of nitrogens with zero attached hydrogens (tertiary/aromatic N) is 1. The highest BCUT2D eigenvalue weighted by atomic mass is 19.2. The first-order chi connectivity index (χ1) is 4.70. The van der Waals surface area contributed by atoms with Gasteiger partial charge in [0.2, 0.25) is 12.4 Å². The molecule has 52 valence electrons. The molecule has 0 saturated carbocycles. The first kappa shape index (κ1) is 6.86. The van der Waals surface area contributed by atoms with Crippen LogP contribution in [0.4, 0.5) is 4.48 Å². The van der Waals surface area contributed by atoms with Gasteiger partial charge >= 0.3 is 0 Å². The summed E-state index contributed by atoms with van der Waals surface area (Å²) < 4.78 is 12.2. The van der Waals surface area contributed by atoms with Crippen LogP contribution in [0.1, 0.15) is 17.3 Å². The zero-order valence-corrected chi connectivity index (χ0v) is 5.54. The number of hydrogen-bond acceptors (Lipinski definition) is 1. The lowest BCUT2D eigenvalue weighted by Crippen LogP contribution is -2.20. The van der Waals surface area contributed by atoms with E-state index in [4.69, 9.17) is 0 Å². The molecule has 0 N–H and O–H groups in total. The summed E-state index contributed by atoms with van der Waals surface area (Å²) in [6.45, 7) is 1.44. The van der Waals surface area contributed by atoms with E-state index < -0.39 is 0 Å². The highest BCUT2D eigenvalue weighted by molar-refractivity contribution is 5.93. The van der Waals surface area contributed by atoms with Crippen molar-refractivity contribution in [3.05, 3.63) is 30.1 Å². The average molecular weight is 140 g/mol. The molecular weight excluding hydrogens is 133 g/mol. The van der Waals surface area contributed by atoms with Gasteiger partial charge < -0.3 is 0 Å². The SMILES string of the molecule is CC(=O)c1cc[n+](F)cc1. The third-order valence-corrected chi connectivity index (χ3v) is 1.20. The van der Waals surface area contributed by atoms with Crippen LogP contribution >= 0.6 is 0 Å². The van der Waals surface area contributed by atoms with Gasteiger partial charge in [-0.1, -0.05) is 0 Å². The minimum absolute atomic E-state index is 0.0550. The molecule has 0 amide bonds. The van der Waals surface area contributed by atoms with E-state index in [1.165, 1.54) is 31.5 Å². The molecule has 0 aromatic carbocycles. The maximum Gasteiger partial charge on any atom is 0.219 e. The number of carbonyl (C=O) groups is 1. The lowest BCUT2D eigenvalue weighted by molar-refractivity contribution is -0.843. The number of carbonyl (C=O) groups excluding carboxylic acids is 1. The van der Waals surface area contributed by atoms with Crippen molar-refractivity contribution in [1.82, 2.24) is 0 Å². The summed E-state index contributed by atoms with van der Waals surface area (Å²) in [4.78, 5) is 11.0. The van der Waals surface area contributed by atoms with Crippen LogP contribution in [0.5, 0.6) is 0 Å². The molecule has 1 rings (SSSR count). The number of halogens is 1. The van der Waals surface area contributed by atoms with Crippen molar-refractivity contribution >= 4 is 5.78 Å². The van der Waals surface area contributed by atoms with Gasteiger partial charge in [0.1, 0.15) is 0 Å². The molecule has 0 spiro atoms. The Labute approximate surface area is 57.9 Å². The zero-order chi connectivity index (χ0) is 7.56. The van der Waals surface area contributed by atoms with Gasteiger partial charge in [-0.25, -0.2) is 0 Å². The average Bonchev–Trinajstić information content (AvgIpc) is 1.88. The van der Waals surface area contributed by atoms with Gasteiger partial charge in [-0.2, -0.15) is 0 Å².